The molecule has 0 fully saturated rings. The van der Waals surface area contributed by atoms with Crippen LogP contribution in [0.4, 0.5) is 0 Å². The lowest BCUT2D eigenvalue weighted by atomic mass is 9.81. The molecule has 0 aliphatic heterocycles. The minimum atomic E-state index is -0.137. The van der Waals surface area contributed by atoms with Crippen LogP contribution in [0, 0.1) is 3.57 Å². The van der Waals surface area contributed by atoms with E-state index in [4.69, 9.17) is 14.4 Å². The predicted molar refractivity (Wildman–Crippen MR) is 162 cm³/mol. The Hall–Kier alpha value is -3.97. The minimum absolute atomic E-state index is 0.137. The Morgan fingerprint density at radius 3 is 2.34 bits per heavy atom. The highest BCUT2D eigenvalue weighted by Gasteiger charge is 2.40. The lowest BCUT2D eigenvalue weighted by molar-refractivity contribution is 0.663. The molecule has 0 saturated heterocycles. The van der Waals surface area contributed by atoms with Crippen LogP contribution in [0.25, 0.3) is 61.4 Å². The minimum Gasteiger partial charge on any atom is -0.451 e. The van der Waals surface area contributed by atoms with Crippen molar-refractivity contribution < 1.29 is 4.42 Å². The zero-order valence-electron chi connectivity index (χ0n) is 20.9. The highest BCUT2D eigenvalue weighted by Crippen LogP contribution is 2.53. The van der Waals surface area contributed by atoms with Gasteiger partial charge in [-0.05, 0) is 51.9 Å². The van der Waals surface area contributed by atoms with Gasteiger partial charge in [-0.15, -0.1) is 0 Å². The Kier molecular flexibility index (Phi) is 4.51. The predicted octanol–water partition coefficient (Wildman–Crippen LogP) is 8.90. The maximum Gasteiger partial charge on any atom is 0.236 e. The van der Waals surface area contributed by atoms with Gasteiger partial charge in [-0.25, -0.2) is 9.97 Å². The lowest BCUT2D eigenvalue weighted by Gasteiger charge is -2.21. The largest absolute Gasteiger partial charge is 0.451 e. The average Bonchev–Trinajstić information content (AvgIpc) is 3.57. The first-order chi connectivity index (χ1) is 18.5. The van der Waals surface area contributed by atoms with Crippen molar-refractivity contribution in [3.8, 4) is 28.5 Å². The molecule has 7 aromatic rings. The molecule has 0 radical (unpaired) electrons. The number of furan rings is 1. The van der Waals surface area contributed by atoms with Crippen molar-refractivity contribution in [3.05, 3.63) is 112 Å². The van der Waals surface area contributed by atoms with E-state index in [1.165, 1.54) is 27.8 Å². The fraction of sp³-hybridized carbons (Fsp3) is 0.0909. The number of benzene rings is 4. The molecule has 38 heavy (non-hydrogen) atoms. The number of fused-ring (bicyclic) bond motifs is 8. The third-order valence-electron chi connectivity index (χ3n) is 7.88. The molecule has 8 rings (SSSR count). The van der Waals surface area contributed by atoms with E-state index in [9.17, 15) is 0 Å². The fourth-order valence-corrected chi connectivity index (χ4v) is 6.82. The standard InChI is InChI=1S/C33H22IN3O/c1-33(2)23-16-8-6-13-20(23)29-26(33)21-14-7-9-18-25(21)37(29)32-35-27(19-11-4-3-5-12-19)31-28(36-32)22-15-10-17-24(34)30(22)38-31/h3-18H,1-2H3. The van der Waals surface area contributed by atoms with Gasteiger partial charge in [-0.2, -0.15) is 0 Å². The summed E-state index contributed by atoms with van der Waals surface area (Å²) in [5.41, 5.74) is 10.2. The molecule has 4 nitrogen and oxygen atoms in total. The van der Waals surface area contributed by atoms with Crippen molar-refractivity contribution in [1.29, 1.82) is 0 Å². The number of aromatic nitrogens is 3. The summed E-state index contributed by atoms with van der Waals surface area (Å²) in [5.74, 6) is 0.655. The van der Waals surface area contributed by atoms with Crippen LogP contribution in [-0.2, 0) is 5.41 Å². The van der Waals surface area contributed by atoms with Crippen molar-refractivity contribution in [3.63, 3.8) is 0 Å². The van der Waals surface area contributed by atoms with Crippen molar-refractivity contribution in [1.82, 2.24) is 14.5 Å². The molecule has 3 aromatic heterocycles. The Bertz CT molecular complexity index is 2070. The van der Waals surface area contributed by atoms with E-state index in [2.05, 4.69) is 120 Å². The molecule has 0 amide bonds. The van der Waals surface area contributed by atoms with Crippen molar-refractivity contribution in [2.24, 2.45) is 0 Å². The topological polar surface area (TPSA) is 43.9 Å². The summed E-state index contributed by atoms with van der Waals surface area (Å²) in [7, 11) is 0. The summed E-state index contributed by atoms with van der Waals surface area (Å²) >= 11 is 2.33. The second-order valence-corrected chi connectivity index (χ2v) is 11.5. The van der Waals surface area contributed by atoms with Gasteiger partial charge in [0.1, 0.15) is 11.2 Å². The van der Waals surface area contributed by atoms with Crippen LogP contribution >= 0.6 is 22.6 Å². The van der Waals surface area contributed by atoms with Crippen molar-refractivity contribution in [2.45, 2.75) is 19.3 Å². The smallest absolute Gasteiger partial charge is 0.236 e. The first-order valence-electron chi connectivity index (χ1n) is 12.7. The number of halogens is 1. The van der Waals surface area contributed by atoms with Gasteiger partial charge in [-0.3, -0.25) is 4.57 Å². The zero-order valence-corrected chi connectivity index (χ0v) is 23.0. The molecule has 182 valence electrons. The maximum absolute atomic E-state index is 6.47. The molecule has 4 aromatic carbocycles. The zero-order chi connectivity index (χ0) is 25.6. The van der Waals surface area contributed by atoms with E-state index in [1.54, 1.807) is 0 Å². The molecule has 0 unspecified atom stereocenters. The van der Waals surface area contributed by atoms with Crippen molar-refractivity contribution >= 4 is 55.6 Å². The Balaban J connectivity index is 1.55. The number of para-hydroxylation sites is 2. The van der Waals surface area contributed by atoms with Gasteiger partial charge in [0.15, 0.2) is 11.2 Å². The summed E-state index contributed by atoms with van der Waals surface area (Å²) in [6, 6.07) is 33.8. The molecular weight excluding hydrogens is 581 g/mol. The highest BCUT2D eigenvalue weighted by molar-refractivity contribution is 14.1. The van der Waals surface area contributed by atoms with Gasteiger partial charge < -0.3 is 4.42 Å². The summed E-state index contributed by atoms with van der Waals surface area (Å²) < 4.78 is 9.79. The third kappa shape index (κ3) is 2.85. The number of nitrogens with zero attached hydrogens (tertiary/aromatic N) is 3. The molecule has 1 aliphatic carbocycles. The Labute approximate surface area is 233 Å². The van der Waals surface area contributed by atoms with E-state index in [0.29, 0.717) is 11.5 Å². The first kappa shape index (κ1) is 22.1. The number of rotatable bonds is 2. The monoisotopic (exact) mass is 603 g/mol. The molecule has 3 heterocycles. The second-order valence-electron chi connectivity index (χ2n) is 10.4. The van der Waals surface area contributed by atoms with E-state index in [0.717, 1.165) is 36.8 Å². The van der Waals surface area contributed by atoms with E-state index in [1.807, 2.05) is 18.2 Å². The van der Waals surface area contributed by atoms with E-state index in [-0.39, 0.29) is 5.41 Å². The van der Waals surface area contributed by atoms with Crippen LogP contribution in [-0.4, -0.2) is 14.5 Å². The summed E-state index contributed by atoms with van der Waals surface area (Å²) in [6.45, 7) is 4.64. The molecular formula is C33H22IN3O. The van der Waals surface area contributed by atoms with Crippen LogP contribution in [0.1, 0.15) is 25.0 Å². The van der Waals surface area contributed by atoms with Gasteiger partial charge >= 0.3 is 0 Å². The fourth-order valence-electron chi connectivity index (χ4n) is 6.22. The van der Waals surface area contributed by atoms with Gasteiger partial charge in [0, 0.05) is 27.3 Å². The third-order valence-corrected chi connectivity index (χ3v) is 8.73. The molecule has 0 N–H and O–H groups in total. The molecule has 5 heteroatoms. The van der Waals surface area contributed by atoms with E-state index >= 15 is 0 Å². The van der Waals surface area contributed by atoms with Gasteiger partial charge in [0.05, 0.1) is 14.8 Å². The van der Waals surface area contributed by atoms with Gasteiger partial charge in [0.25, 0.3) is 0 Å². The molecule has 0 saturated carbocycles. The second kappa shape index (κ2) is 7.77. The summed E-state index contributed by atoms with van der Waals surface area (Å²) in [6.07, 6.45) is 0. The summed E-state index contributed by atoms with van der Waals surface area (Å²) in [5, 5.41) is 2.24. The number of hydrogen-bond acceptors (Lipinski definition) is 3. The average molecular weight is 603 g/mol. The summed E-state index contributed by atoms with van der Waals surface area (Å²) in [4.78, 5) is 10.5. The normalized spacial score (nSPS) is 13.9. The van der Waals surface area contributed by atoms with Gasteiger partial charge in [0.2, 0.25) is 5.95 Å². The number of hydrogen-bond donors (Lipinski definition) is 0. The molecule has 1 aliphatic rings. The molecule has 0 spiro atoms. The Morgan fingerprint density at radius 1 is 0.737 bits per heavy atom. The molecule has 0 bridgehead atoms. The Morgan fingerprint density at radius 2 is 1.47 bits per heavy atom. The quantitative estimate of drug-likeness (QED) is 0.186. The van der Waals surface area contributed by atoms with Gasteiger partial charge in [-0.1, -0.05) is 92.7 Å². The van der Waals surface area contributed by atoms with Crippen LogP contribution in [0.3, 0.4) is 0 Å². The van der Waals surface area contributed by atoms with E-state index < -0.39 is 0 Å². The van der Waals surface area contributed by atoms with Crippen LogP contribution in [0.15, 0.2) is 101 Å². The maximum atomic E-state index is 6.47. The molecule has 0 atom stereocenters. The highest BCUT2D eigenvalue weighted by atomic mass is 127. The lowest BCUT2D eigenvalue weighted by Crippen LogP contribution is -2.14. The van der Waals surface area contributed by atoms with Crippen LogP contribution < -0.4 is 0 Å². The SMILES string of the molecule is CC1(C)c2ccccc2-c2c1c1ccccc1n2-c1nc(-c2ccccc2)c2oc3c(I)cccc3c2n1. The van der Waals surface area contributed by atoms with Crippen LogP contribution in [0.5, 0.6) is 0 Å². The van der Waals surface area contributed by atoms with Crippen LogP contribution in [0.2, 0.25) is 0 Å². The van der Waals surface area contributed by atoms with Crippen molar-refractivity contribution in [2.75, 3.05) is 0 Å². The first-order valence-corrected chi connectivity index (χ1v) is 13.8.